The van der Waals surface area contributed by atoms with Crippen LogP contribution in [0.25, 0.3) is 17.9 Å². The molecule has 4 fully saturated rings. The highest BCUT2D eigenvalue weighted by atomic mass is 16.8. The van der Waals surface area contributed by atoms with Crippen molar-refractivity contribution in [1.82, 2.24) is 0 Å². The van der Waals surface area contributed by atoms with Crippen LogP contribution in [0.3, 0.4) is 0 Å². The Morgan fingerprint density at radius 3 is 1.80 bits per heavy atom. The van der Waals surface area contributed by atoms with E-state index in [0.717, 1.165) is 30.4 Å². The zero-order chi connectivity index (χ0) is 64.1. The third kappa shape index (κ3) is 14.7. The van der Waals surface area contributed by atoms with Gasteiger partial charge >= 0.3 is 11.9 Å². The molecule has 5 aliphatic heterocycles. The summed E-state index contributed by atoms with van der Waals surface area (Å²) in [5.41, 5.74) is 0.557. The summed E-state index contributed by atoms with van der Waals surface area (Å²) in [5, 5.41) is 170. The lowest BCUT2D eigenvalue weighted by atomic mass is 9.96. The zero-order valence-corrected chi connectivity index (χ0v) is 46.9. The molecular weight excluding hydrogens is 1190 g/mol. The van der Waals surface area contributed by atoms with Crippen LogP contribution in [0.5, 0.6) is 34.5 Å². The van der Waals surface area contributed by atoms with Gasteiger partial charge in [-0.05, 0) is 71.8 Å². The van der Waals surface area contributed by atoms with Crippen LogP contribution in [0, 0.1) is 0 Å². The first-order chi connectivity index (χ1) is 42.5. The number of benzene rings is 3. The second kappa shape index (κ2) is 28.5. The third-order valence-electron chi connectivity index (χ3n) is 14.8. The number of hydrogen-bond donors (Lipinski definition) is 16. The number of phenolic OH excluding ortho intramolecular Hbond substituents is 3. The topological polar surface area (TPSA) is 478 Å². The summed E-state index contributed by atoms with van der Waals surface area (Å²) in [7, 11) is 2.56. The second-order valence-electron chi connectivity index (χ2n) is 20.8. The predicted octanol–water partition coefficient (Wildman–Crippen LogP) is -3.04. The van der Waals surface area contributed by atoms with Crippen molar-refractivity contribution >= 4 is 29.8 Å². The van der Waals surface area contributed by atoms with Gasteiger partial charge in [0.25, 0.3) is 0 Å². The minimum absolute atomic E-state index is 0.0192. The lowest BCUT2D eigenvalue weighted by Crippen LogP contribution is -2.63. The average molecular weight is 1260 g/mol. The SMILES string of the molecule is COc1cc(/C=C/C(=O)O[C@H]2[C@H](O[C@@H]3[C@@H](OC4=C(c5ccc(O)c(O)c5)OC5C=C(O)C=C(O[C@@H]6O[C@H](CO)[C@@H](O)[C@H](O)[C@H]6O)C5=C4)O[C@@H](COC(=O)/C=C/c4ccc(O[C@H]5O[C@@H](CO)[C@H](O)[C@@H](O)[C@@H]5O)cc4)[C@H](O)[C@H]3O)OC[C@@H](O)[C@@H]2O)cc(OC)c1O. The average Bonchev–Trinajstić information content (AvgIpc) is 2.84. The maximum absolute atomic E-state index is 13.5. The van der Waals surface area contributed by atoms with E-state index in [1.165, 1.54) is 81.0 Å². The molecular formula is C58H66O31. The minimum Gasteiger partial charge on any atom is -0.508 e. The maximum atomic E-state index is 13.5. The van der Waals surface area contributed by atoms with Gasteiger partial charge in [-0.15, -0.1) is 0 Å². The van der Waals surface area contributed by atoms with E-state index in [2.05, 4.69) is 0 Å². The van der Waals surface area contributed by atoms with Gasteiger partial charge in [-0.25, -0.2) is 9.59 Å². The summed E-state index contributed by atoms with van der Waals surface area (Å²) >= 11 is 0. The molecule has 20 atom stereocenters. The van der Waals surface area contributed by atoms with Crippen molar-refractivity contribution in [3.05, 3.63) is 125 Å². The number of aromatic hydroxyl groups is 3. The number of ether oxygens (including phenoxy) is 13. The molecule has 1 aliphatic carbocycles. The van der Waals surface area contributed by atoms with Gasteiger partial charge < -0.3 is 143 Å². The molecule has 89 heavy (non-hydrogen) atoms. The minimum atomic E-state index is -2.17. The molecule has 0 radical (unpaired) electrons. The molecule has 9 rings (SSSR count). The molecule has 0 amide bonds. The predicted molar refractivity (Wildman–Crippen MR) is 293 cm³/mol. The molecule has 3 aromatic carbocycles. The summed E-state index contributed by atoms with van der Waals surface area (Å²) in [5.74, 6) is -5.25. The quantitative estimate of drug-likeness (QED) is 0.0304. The van der Waals surface area contributed by atoms with E-state index >= 15 is 0 Å². The number of aliphatic hydroxyl groups is 13. The van der Waals surface area contributed by atoms with Gasteiger partial charge in [0.15, 0.2) is 53.0 Å². The van der Waals surface area contributed by atoms with E-state index in [1.54, 1.807) is 0 Å². The van der Waals surface area contributed by atoms with Crippen LogP contribution < -0.4 is 14.2 Å². The Kier molecular flexibility index (Phi) is 21.0. The smallest absolute Gasteiger partial charge is 0.331 e. The van der Waals surface area contributed by atoms with Gasteiger partial charge in [0.1, 0.15) is 109 Å². The van der Waals surface area contributed by atoms with Gasteiger partial charge in [-0.2, -0.15) is 0 Å². The van der Waals surface area contributed by atoms with Crippen LogP contribution in [0.2, 0.25) is 0 Å². The molecule has 6 aliphatic rings. The zero-order valence-electron chi connectivity index (χ0n) is 46.9. The summed E-state index contributed by atoms with van der Waals surface area (Å²) in [6.07, 6.45) is -27.7. The summed E-state index contributed by atoms with van der Waals surface area (Å²) in [6.45, 7) is -3.02. The lowest BCUT2D eigenvalue weighted by Gasteiger charge is -2.45. The Morgan fingerprint density at radius 2 is 1.18 bits per heavy atom. The molecule has 5 heterocycles. The number of esters is 2. The van der Waals surface area contributed by atoms with Crippen molar-refractivity contribution in [2.24, 2.45) is 0 Å². The van der Waals surface area contributed by atoms with E-state index in [4.69, 9.17) is 61.6 Å². The Balaban J connectivity index is 1.01. The first kappa shape index (κ1) is 65.8. The molecule has 0 saturated carbocycles. The van der Waals surface area contributed by atoms with Crippen LogP contribution in [0.1, 0.15) is 16.7 Å². The fraction of sp³-hybridized carbons (Fsp3) is 0.448. The molecule has 3 aromatic rings. The van der Waals surface area contributed by atoms with Gasteiger partial charge in [0, 0.05) is 35.4 Å². The first-order valence-electron chi connectivity index (χ1n) is 27.3. The molecule has 4 saturated heterocycles. The van der Waals surface area contributed by atoms with Crippen LogP contribution in [-0.4, -0.2) is 257 Å². The number of fused-ring (bicyclic) bond motifs is 1. The largest absolute Gasteiger partial charge is 0.508 e. The summed E-state index contributed by atoms with van der Waals surface area (Å²) in [4.78, 5) is 26.8. The summed E-state index contributed by atoms with van der Waals surface area (Å²) < 4.78 is 74.9. The van der Waals surface area contributed by atoms with Crippen LogP contribution >= 0.6 is 0 Å². The number of rotatable bonds is 20. The number of carbonyl (C=O) groups is 2. The normalized spacial score (nSPS) is 33.9. The van der Waals surface area contributed by atoms with Crippen LogP contribution in [-0.2, 0) is 57.0 Å². The number of allylic oxidation sites excluding steroid dienone is 2. The van der Waals surface area contributed by atoms with Gasteiger partial charge in [-0.1, -0.05) is 12.1 Å². The molecule has 31 heteroatoms. The molecule has 484 valence electrons. The second-order valence-corrected chi connectivity index (χ2v) is 20.8. The van der Waals surface area contributed by atoms with Crippen molar-refractivity contribution in [3.63, 3.8) is 0 Å². The van der Waals surface area contributed by atoms with E-state index in [0.29, 0.717) is 5.56 Å². The molecule has 0 spiro atoms. The van der Waals surface area contributed by atoms with Crippen molar-refractivity contribution in [3.8, 4) is 34.5 Å². The molecule has 0 bridgehead atoms. The summed E-state index contributed by atoms with van der Waals surface area (Å²) in [6, 6.07) is 11.9. The Bertz CT molecular complexity index is 3150. The van der Waals surface area contributed by atoms with Crippen molar-refractivity contribution in [2.45, 2.75) is 123 Å². The third-order valence-corrected chi connectivity index (χ3v) is 14.8. The number of carbonyl (C=O) groups excluding carboxylic acids is 2. The highest BCUT2D eigenvalue weighted by molar-refractivity contribution is 5.88. The highest BCUT2D eigenvalue weighted by Gasteiger charge is 2.53. The fourth-order valence-electron chi connectivity index (χ4n) is 9.90. The van der Waals surface area contributed by atoms with Gasteiger partial charge in [-0.3, -0.25) is 0 Å². The molecule has 16 N–H and O–H groups in total. The fourth-order valence-corrected chi connectivity index (χ4v) is 9.90. The van der Waals surface area contributed by atoms with Gasteiger partial charge in [0.2, 0.25) is 24.6 Å². The standard InChI is InChI=1S/C58H66O31/c1-77-34-13-24(14-35(78-2)43(34)68)6-12-41(66)88-53-42(67)31(64)21-80-57(53)89-54-49(74)46(71)39(22-79-40(65)11-5-23-3-8-27(9-4-23)81-55-50(75)47(72)44(69)37(19-59)85-55)87-58(54)84-36-18-28-32(82-52(36)25-7-10-29(62)30(63)15-25)16-26(61)17-33(28)83-56-51(76)48(73)45(70)38(20-60)86-56/h3-18,31-32,37-39,42,44-51,53-64,67-76H,19-22H2,1-2H3/b11-5+,12-6+/t31-,32?,37+,38-,39+,42+,44+,45-,46+,47-,48+,49-,50+,51-,53-,54+,55+,56-,57+,58+/m1/s1. The van der Waals surface area contributed by atoms with Crippen molar-refractivity contribution in [2.75, 3.05) is 40.6 Å². The number of aliphatic hydroxyl groups excluding tert-OH is 13. The van der Waals surface area contributed by atoms with E-state index in [1.807, 2.05) is 0 Å². The number of hydrogen-bond acceptors (Lipinski definition) is 31. The van der Waals surface area contributed by atoms with Crippen molar-refractivity contribution in [1.29, 1.82) is 0 Å². The Morgan fingerprint density at radius 1 is 0.584 bits per heavy atom. The highest BCUT2D eigenvalue weighted by Crippen LogP contribution is 2.43. The lowest BCUT2D eigenvalue weighted by molar-refractivity contribution is -0.351. The maximum Gasteiger partial charge on any atom is 0.331 e. The van der Waals surface area contributed by atoms with E-state index < -0.39 is 184 Å². The van der Waals surface area contributed by atoms with Crippen LogP contribution in [0.4, 0.5) is 0 Å². The van der Waals surface area contributed by atoms with E-state index in [-0.39, 0.29) is 51.2 Å². The molecule has 31 nitrogen and oxygen atoms in total. The van der Waals surface area contributed by atoms with E-state index in [9.17, 15) is 91.3 Å². The molecule has 0 aromatic heterocycles. The Hall–Kier alpha value is -7.64. The Labute approximate surface area is 503 Å². The van der Waals surface area contributed by atoms with Gasteiger partial charge in [0.05, 0.1) is 34.0 Å². The monoisotopic (exact) mass is 1260 g/mol. The van der Waals surface area contributed by atoms with Crippen LogP contribution in [0.15, 0.2) is 108 Å². The number of methoxy groups -OCH3 is 2. The first-order valence-corrected chi connectivity index (χ1v) is 27.3. The van der Waals surface area contributed by atoms with Crippen molar-refractivity contribution < 1.29 is 153 Å². The number of phenols is 3. The molecule has 1 unspecified atom stereocenters.